The lowest BCUT2D eigenvalue weighted by molar-refractivity contribution is -0.120. The molecule has 0 unspecified atom stereocenters. The van der Waals surface area contributed by atoms with Crippen molar-refractivity contribution in [2.75, 3.05) is 38.2 Å². The summed E-state index contributed by atoms with van der Waals surface area (Å²) in [5, 5.41) is 5.37. The third kappa shape index (κ3) is 6.19. The number of hydrogen-bond acceptors (Lipinski definition) is 4. The Morgan fingerprint density at radius 1 is 1.10 bits per heavy atom. The average Bonchev–Trinajstić information content (AvgIpc) is 2.45. The number of nitrogen functional groups attached to an aromatic ring is 1. The van der Waals surface area contributed by atoms with E-state index >= 15 is 0 Å². The lowest BCUT2D eigenvalue weighted by Crippen LogP contribution is -2.29. The molecule has 0 radical (unpaired) electrons. The summed E-state index contributed by atoms with van der Waals surface area (Å²) in [6.07, 6.45) is 0.821. The summed E-state index contributed by atoms with van der Waals surface area (Å²) < 4.78 is 0. The molecular formula is C14H22N4O2. The van der Waals surface area contributed by atoms with Crippen molar-refractivity contribution in [1.82, 2.24) is 10.2 Å². The molecule has 2 amide bonds. The summed E-state index contributed by atoms with van der Waals surface area (Å²) >= 11 is 0. The molecule has 0 aromatic heterocycles. The van der Waals surface area contributed by atoms with Crippen molar-refractivity contribution in [3.63, 3.8) is 0 Å². The number of carbonyl (C=O) groups excluding carboxylic acids is 2. The highest BCUT2D eigenvalue weighted by molar-refractivity contribution is 5.90. The van der Waals surface area contributed by atoms with Crippen molar-refractivity contribution in [3.05, 3.63) is 24.3 Å². The average molecular weight is 278 g/mol. The molecule has 0 aliphatic rings. The number of nitrogens with one attached hydrogen (secondary N) is 2. The van der Waals surface area contributed by atoms with Gasteiger partial charge in [-0.2, -0.15) is 0 Å². The van der Waals surface area contributed by atoms with Crippen LogP contribution in [0.1, 0.15) is 12.8 Å². The first kappa shape index (κ1) is 16.0. The van der Waals surface area contributed by atoms with Gasteiger partial charge in [0.1, 0.15) is 0 Å². The van der Waals surface area contributed by atoms with Crippen molar-refractivity contribution in [3.8, 4) is 0 Å². The maximum absolute atomic E-state index is 11.7. The first-order chi connectivity index (χ1) is 9.51. The van der Waals surface area contributed by atoms with Crippen molar-refractivity contribution in [2.45, 2.75) is 12.8 Å². The first-order valence-corrected chi connectivity index (χ1v) is 6.56. The maximum atomic E-state index is 11.7. The van der Waals surface area contributed by atoms with Crippen molar-refractivity contribution in [1.29, 1.82) is 0 Å². The van der Waals surface area contributed by atoms with E-state index < -0.39 is 0 Å². The van der Waals surface area contributed by atoms with Gasteiger partial charge >= 0.3 is 0 Å². The normalized spacial score (nSPS) is 10.3. The van der Waals surface area contributed by atoms with Crippen LogP contribution in [0.25, 0.3) is 0 Å². The van der Waals surface area contributed by atoms with Gasteiger partial charge in [-0.3, -0.25) is 9.59 Å². The van der Waals surface area contributed by atoms with Gasteiger partial charge in [0.2, 0.25) is 11.8 Å². The zero-order chi connectivity index (χ0) is 15.0. The van der Waals surface area contributed by atoms with Gasteiger partial charge in [0.15, 0.2) is 0 Å². The number of rotatable bonds is 7. The van der Waals surface area contributed by atoms with Crippen LogP contribution < -0.4 is 16.4 Å². The van der Waals surface area contributed by atoms with Crippen LogP contribution in [0.3, 0.4) is 0 Å². The number of hydrogen-bond donors (Lipinski definition) is 3. The largest absolute Gasteiger partial charge is 0.399 e. The molecule has 0 heterocycles. The lowest BCUT2D eigenvalue weighted by Gasteiger charge is -2.15. The Morgan fingerprint density at radius 3 is 2.20 bits per heavy atom. The second kappa shape index (κ2) is 8.16. The topological polar surface area (TPSA) is 87.5 Å². The van der Waals surface area contributed by atoms with Crippen LogP contribution in [0.2, 0.25) is 0 Å². The van der Waals surface area contributed by atoms with E-state index in [4.69, 9.17) is 5.73 Å². The Balaban J connectivity index is 2.25. The van der Waals surface area contributed by atoms with Crippen molar-refractivity contribution >= 4 is 23.2 Å². The summed E-state index contributed by atoms with van der Waals surface area (Å²) in [4.78, 5) is 24.8. The van der Waals surface area contributed by atoms with E-state index in [1.807, 2.05) is 11.9 Å². The van der Waals surface area contributed by atoms with Gasteiger partial charge in [-0.05, 0) is 31.3 Å². The van der Waals surface area contributed by atoms with Gasteiger partial charge in [-0.1, -0.05) is 0 Å². The second-order valence-electron chi connectivity index (χ2n) is 4.65. The number of carbonyl (C=O) groups is 2. The predicted molar refractivity (Wildman–Crippen MR) is 80.3 cm³/mol. The smallest absolute Gasteiger partial charge is 0.225 e. The highest BCUT2D eigenvalue weighted by atomic mass is 16.2. The molecule has 0 aliphatic heterocycles. The summed E-state index contributed by atoms with van der Waals surface area (Å²) in [5.41, 5.74) is 6.97. The number of amides is 2. The van der Waals surface area contributed by atoms with E-state index in [1.54, 1.807) is 31.3 Å². The predicted octanol–water partition coefficient (Wildman–Crippen LogP) is 0.665. The highest BCUT2D eigenvalue weighted by Gasteiger charge is 2.06. The third-order valence-electron chi connectivity index (χ3n) is 2.91. The van der Waals surface area contributed by atoms with Gasteiger partial charge in [0.05, 0.1) is 0 Å². The molecule has 4 N–H and O–H groups in total. The van der Waals surface area contributed by atoms with Gasteiger partial charge in [-0.15, -0.1) is 0 Å². The molecule has 6 heteroatoms. The number of nitrogens with two attached hydrogens (primary N) is 1. The zero-order valence-corrected chi connectivity index (χ0v) is 12.0. The molecule has 1 rings (SSSR count). The van der Waals surface area contributed by atoms with E-state index in [0.29, 0.717) is 31.6 Å². The summed E-state index contributed by atoms with van der Waals surface area (Å²) in [6, 6.07) is 7.02. The standard InChI is InChI=1S/C14H22N4O2/c1-16-13(19)7-9-18(2)10-8-14(20)17-12-5-3-11(15)4-6-12/h3-6H,7-10,15H2,1-2H3,(H,16,19)(H,17,20). The van der Waals surface area contributed by atoms with Gasteiger partial charge < -0.3 is 21.3 Å². The van der Waals surface area contributed by atoms with Crippen LogP contribution in [0.4, 0.5) is 11.4 Å². The molecule has 0 saturated heterocycles. The van der Waals surface area contributed by atoms with Gasteiger partial charge in [0, 0.05) is 44.4 Å². The Labute approximate surface area is 119 Å². The molecule has 1 aromatic rings. The Morgan fingerprint density at radius 2 is 1.65 bits per heavy atom. The quantitative estimate of drug-likeness (QED) is 0.640. The molecule has 1 aromatic carbocycles. The fraction of sp³-hybridized carbons (Fsp3) is 0.429. The van der Waals surface area contributed by atoms with Crippen LogP contribution >= 0.6 is 0 Å². The number of benzene rings is 1. The monoisotopic (exact) mass is 278 g/mol. The third-order valence-corrected chi connectivity index (χ3v) is 2.91. The molecule has 0 atom stereocenters. The molecule has 20 heavy (non-hydrogen) atoms. The fourth-order valence-electron chi connectivity index (χ4n) is 1.61. The molecule has 0 spiro atoms. The Bertz CT molecular complexity index is 445. The minimum atomic E-state index is -0.0541. The van der Waals surface area contributed by atoms with Gasteiger partial charge in [0.25, 0.3) is 0 Å². The summed E-state index contributed by atoms with van der Waals surface area (Å²) in [7, 11) is 3.50. The lowest BCUT2D eigenvalue weighted by atomic mass is 10.2. The Kier molecular flexibility index (Phi) is 6.52. The summed E-state index contributed by atoms with van der Waals surface area (Å²) in [5.74, 6) is -0.0512. The van der Waals surface area contributed by atoms with E-state index in [1.165, 1.54) is 0 Å². The fourth-order valence-corrected chi connectivity index (χ4v) is 1.61. The Hall–Kier alpha value is -2.08. The van der Waals surface area contributed by atoms with Crippen molar-refractivity contribution < 1.29 is 9.59 Å². The first-order valence-electron chi connectivity index (χ1n) is 6.56. The van der Waals surface area contributed by atoms with Crippen LogP contribution in [-0.2, 0) is 9.59 Å². The van der Waals surface area contributed by atoms with Crippen molar-refractivity contribution in [2.24, 2.45) is 0 Å². The second-order valence-corrected chi connectivity index (χ2v) is 4.65. The van der Waals surface area contributed by atoms with E-state index in [0.717, 1.165) is 5.69 Å². The molecule has 110 valence electrons. The van der Waals surface area contributed by atoms with Crippen LogP contribution in [-0.4, -0.2) is 43.9 Å². The van der Waals surface area contributed by atoms with E-state index in [2.05, 4.69) is 10.6 Å². The van der Waals surface area contributed by atoms with E-state index in [9.17, 15) is 9.59 Å². The SMILES string of the molecule is CNC(=O)CCN(C)CCC(=O)Nc1ccc(N)cc1. The van der Waals surface area contributed by atoms with Crippen LogP contribution in [0.5, 0.6) is 0 Å². The van der Waals surface area contributed by atoms with Crippen LogP contribution in [0, 0.1) is 0 Å². The molecule has 0 aliphatic carbocycles. The van der Waals surface area contributed by atoms with Gasteiger partial charge in [-0.25, -0.2) is 0 Å². The molecule has 0 fully saturated rings. The summed E-state index contributed by atoms with van der Waals surface area (Å²) in [6.45, 7) is 1.24. The highest BCUT2D eigenvalue weighted by Crippen LogP contribution is 2.10. The van der Waals surface area contributed by atoms with E-state index in [-0.39, 0.29) is 11.8 Å². The molecule has 0 bridgehead atoms. The molecule has 0 saturated carbocycles. The minimum absolute atomic E-state index is 0.00294. The molecular weight excluding hydrogens is 256 g/mol. The molecule has 6 nitrogen and oxygen atoms in total. The zero-order valence-electron chi connectivity index (χ0n) is 12.0. The van der Waals surface area contributed by atoms with Crippen LogP contribution in [0.15, 0.2) is 24.3 Å². The maximum Gasteiger partial charge on any atom is 0.225 e. The number of nitrogens with zero attached hydrogens (tertiary/aromatic N) is 1. The number of anilines is 2. The minimum Gasteiger partial charge on any atom is -0.399 e.